The Hall–Kier alpha value is -1.77. The Morgan fingerprint density at radius 1 is 1.04 bits per heavy atom. The van der Waals surface area contributed by atoms with Crippen molar-refractivity contribution in [2.24, 2.45) is 11.5 Å². The van der Waals surface area contributed by atoms with Crippen LogP contribution in [0.4, 0.5) is 0 Å². The van der Waals surface area contributed by atoms with Crippen LogP contribution in [0.3, 0.4) is 0 Å². The monoisotopic (exact) mass is 386 g/mol. The first-order valence-electron chi connectivity index (χ1n) is 9.07. The summed E-state index contributed by atoms with van der Waals surface area (Å²) in [5.41, 5.74) is 10.7. The fourth-order valence-corrected chi connectivity index (χ4v) is 3.14. The molecule has 9 heteroatoms. The number of nitrogens with one attached hydrogen (secondary N) is 3. The minimum absolute atomic E-state index is 0.0770. The van der Waals surface area contributed by atoms with E-state index in [1.54, 1.807) is 16.7 Å². The van der Waals surface area contributed by atoms with Crippen LogP contribution in [0.25, 0.3) is 0 Å². The minimum atomic E-state index is -0.530. The van der Waals surface area contributed by atoms with Crippen LogP contribution in [0.2, 0.25) is 0 Å². The lowest BCUT2D eigenvalue weighted by molar-refractivity contribution is -0.135. The van der Waals surface area contributed by atoms with Crippen LogP contribution in [-0.4, -0.2) is 59.0 Å². The van der Waals surface area contributed by atoms with Gasteiger partial charge in [-0.2, -0.15) is 11.8 Å². The molecule has 0 aromatic rings. The number of amides is 2. The second kappa shape index (κ2) is 14.4. The van der Waals surface area contributed by atoms with E-state index in [2.05, 4.69) is 5.32 Å². The highest BCUT2D eigenvalue weighted by atomic mass is 32.2. The van der Waals surface area contributed by atoms with Gasteiger partial charge < -0.3 is 21.7 Å². The number of thioether (sulfide) groups is 1. The molecule has 0 heterocycles. The van der Waals surface area contributed by atoms with Gasteiger partial charge in [0.15, 0.2) is 0 Å². The van der Waals surface area contributed by atoms with Crippen molar-refractivity contribution >= 4 is 35.2 Å². The highest BCUT2D eigenvalue weighted by Crippen LogP contribution is 2.09. The van der Waals surface area contributed by atoms with Gasteiger partial charge in [0.25, 0.3) is 0 Å². The van der Waals surface area contributed by atoms with Crippen molar-refractivity contribution in [3.8, 4) is 0 Å². The molecular weight excluding hydrogens is 352 g/mol. The summed E-state index contributed by atoms with van der Waals surface area (Å²) >= 11 is 1.62. The molecule has 0 spiro atoms. The molecule has 0 fully saturated rings. The van der Waals surface area contributed by atoms with Crippen molar-refractivity contribution in [2.45, 2.75) is 58.4 Å². The summed E-state index contributed by atoms with van der Waals surface area (Å²) < 4.78 is 0. The lowest BCUT2D eigenvalue weighted by Crippen LogP contribution is -2.50. The molecule has 0 aromatic carbocycles. The van der Waals surface area contributed by atoms with Gasteiger partial charge in [0.05, 0.1) is 11.7 Å². The van der Waals surface area contributed by atoms with Gasteiger partial charge in [-0.25, -0.2) is 0 Å². The fourth-order valence-electron chi connectivity index (χ4n) is 2.44. The van der Waals surface area contributed by atoms with Crippen LogP contribution in [0, 0.1) is 10.8 Å². The Morgan fingerprint density at radius 3 is 1.92 bits per heavy atom. The van der Waals surface area contributed by atoms with Crippen molar-refractivity contribution in [3.63, 3.8) is 0 Å². The normalized spacial score (nSPS) is 11.6. The molecule has 0 aliphatic carbocycles. The van der Waals surface area contributed by atoms with Gasteiger partial charge in [-0.3, -0.25) is 20.4 Å². The average molecular weight is 387 g/mol. The summed E-state index contributed by atoms with van der Waals surface area (Å²) in [5, 5.41) is 17.3. The van der Waals surface area contributed by atoms with Crippen molar-refractivity contribution in [3.05, 3.63) is 0 Å². The van der Waals surface area contributed by atoms with Crippen molar-refractivity contribution in [1.29, 1.82) is 10.8 Å². The molecule has 0 unspecified atom stereocenters. The fraction of sp³-hybridized carbons (Fsp3) is 0.765. The zero-order valence-corrected chi connectivity index (χ0v) is 16.8. The Labute approximate surface area is 160 Å². The van der Waals surface area contributed by atoms with E-state index in [1.165, 1.54) is 6.92 Å². The third-order valence-corrected chi connectivity index (χ3v) is 4.70. The molecule has 0 rings (SSSR count). The van der Waals surface area contributed by atoms with Crippen LogP contribution in [0.15, 0.2) is 0 Å². The zero-order chi connectivity index (χ0) is 19.9. The molecule has 0 aromatic heterocycles. The third kappa shape index (κ3) is 12.6. The standard InChI is InChI=1S/C17H34N6O2S/c1-3-26-12-14(22-13(2)24)17(25)23(10-6-4-8-15(18)19)11-7-5-9-16(20)21/h14H,3-12H2,1-2H3,(H3,18,19)(H3,20,21)(H,22,24)/t14-/m1/s1. The predicted molar refractivity (Wildman–Crippen MR) is 109 cm³/mol. The maximum Gasteiger partial charge on any atom is 0.246 e. The molecule has 0 bridgehead atoms. The van der Waals surface area contributed by atoms with Crippen LogP contribution in [0.1, 0.15) is 52.4 Å². The molecular formula is C17H34N6O2S. The molecule has 0 radical (unpaired) electrons. The first-order valence-corrected chi connectivity index (χ1v) is 10.2. The Balaban J connectivity index is 4.80. The summed E-state index contributed by atoms with van der Waals surface area (Å²) in [5.74, 6) is 1.44. The number of rotatable bonds is 15. The van der Waals surface area contributed by atoms with E-state index in [0.29, 0.717) is 31.7 Å². The summed E-state index contributed by atoms with van der Waals surface area (Å²) in [6, 6.07) is -0.530. The molecule has 8 nitrogen and oxygen atoms in total. The van der Waals surface area contributed by atoms with Gasteiger partial charge in [-0.15, -0.1) is 0 Å². The van der Waals surface area contributed by atoms with Gasteiger partial charge in [0.1, 0.15) is 6.04 Å². The molecule has 26 heavy (non-hydrogen) atoms. The lowest BCUT2D eigenvalue weighted by Gasteiger charge is -2.28. The topological polar surface area (TPSA) is 149 Å². The molecule has 7 N–H and O–H groups in total. The summed E-state index contributed by atoms with van der Waals surface area (Å²) in [6.07, 6.45) is 4.06. The first kappa shape index (κ1) is 24.2. The molecule has 1 atom stereocenters. The van der Waals surface area contributed by atoms with E-state index in [9.17, 15) is 9.59 Å². The van der Waals surface area contributed by atoms with E-state index >= 15 is 0 Å². The van der Waals surface area contributed by atoms with E-state index in [-0.39, 0.29) is 23.5 Å². The molecule has 2 amide bonds. The molecule has 150 valence electrons. The van der Waals surface area contributed by atoms with E-state index < -0.39 is 6.04 Å². The number of carbonyl (C=O) groups is 2. The molecule has 0 aliphatic rings. The Kier molecular flexibility index (Phi) is 13.4. The number of hydrogen-bond acceptors (Lipinski definition) is 5. The number of hydrogen-bond donors (Lipinski definition) is 5. The van der Waals surface area contributed by atoms with Crippen molar-refractivity contribution in [1.82, 2.24) is 10.2 Å². The minimum Gasteiger partial charge on any atom is -0.388 e. The predicted octanol–water partition coefficient (Wildman–Crippen LogP) is 1.29. The van der Waals surface area contributed by atoms with Crippen LogP contribution in [-0.2, 0) is 9.59 Å². The number of amidine groups is 2. The third-order valence-electron chi connectivity index (χ3n) is 3.72. The summed E-state index contributed by atoms with van der Waals surface area (Å²) in [6.45, 7) is 4.57. The van der Waals surface area contributed by atoms with Gasteiger partial charge >= 0.3 is 0 Å². The molecule has 0 saturated carbocycles. The first-order chi connectivity index (χ1) is 12.3. The van der Waals surface area contributed by atoms with E-state index in [1.807, 2.05) is 6.92 Å². The van der Waals surface area contributed by atoms with Gasteiger partial charge in [0.2, 0.25) is 11.8 Å². The maximum absolute atomic E-state index is 12.9. The Bertz CT molecular complexity index is 450. The van der Waals surface area contributed by atoms with Crippen LogP contribution >= 0.6 is 11.8 Å². The maximum atomic E-state index is 12.9. The Morgan fingerprint density at radius 2 is 1.54 bits per heavy atom. The van der Waals surface area contributed by atoms with Gasteiger partial charge in [0, 0.05) is 38.6 Å². The van der Waals surface area contributed by atoms with Crippen molar-refractivity contribution in [2.75, 3.05) is 24.6 Å². The number of unbranched alkanes of at least 4 members (excludes halogenated alkanes) is 2. The molecule has 0 aliphatic heterocycles. The van der Waals surface area contributed by atoms with Gasteiger partial charge in [-0.05, 0) is 31.4 Å². The summed E-state index contributed by atoms with van der Waals surface area (Å²) in [7, 11) is 0. The second-order valence-electron chi connectivity index (χ2n) is 6.20. The smallest absolute Gasteiger partial charge is 0.246 e. The lowest BCUT2D eigenvalue weighted by atomic mass is 10.1. The second-order valence-corrected chi connectivity index (χ2v) is 7.52. The summed E-state index contributed by atoms with van der Waals surface area (Å²) in [4.78, 5) is 26.1. The SMILES string of the molecule is CCSC[C@@H](NC(C)=O)C(=O)N(CCCCC(=N)N)CCCCC(=N)N. The largest absolute Gasteiger partial charge is 0.388 e. The van der Waals surface area contributed by atoms with Crippen molar-refractivity contribution < 1.29 is 9.59 Å². The number of nitrogens with zero attached hydrogens (tertiary/aromatic N) is 1. The highest BCUT2D eigenvalue weighted by molar-refractivity contribution is 7.99. The highest BCUT2D eigenvalue weighted by Gasteiger charge is 2.24. The van der Waals surface area contributed by atoms with Crippen LogP contribution in [0.5, 0.6) is 0 Å². The van der Waals surface area contributed by atoms with Crippen LogP contribution < -0.4 is 16.8 Å². The van der Waals surface area contributed by atoms with Gasteiger partial charge in [-0.1, -0.05) is 6.92 Å². The average Bonchev–Trinajstić information content (AvgIpc) is 2.55. The zero-order valence-electron chi connectivity index (χ0n) is 16.0. The quantitative estimate of drug-likeness (QED) is 0.163. The number of nitrogens with two attached hydrogens (primary N) is 2. The molecule has 0 saturated heterocycles. The van der Waals surface area contributed by atoms with E-state index in [4.69, 9.17) is 22.3 Å². The number of carbonyl (C=O) groups excluding carboxylic acids is 2. The van der Waals surface area contributed by atoms with E-state index in [0.717, 1.165) is 31.4 Å².